The SMILES string of the molecule is COc1ccc(-c2nc(NC(NC(=O)/C=C/c3ccccc3)C(Cl)(Cl)Cl)sc2CC2CCCC2)cc1. The van der Waals surface area contributed by atoms with Crippen LogP contribution in [0.1, 0.15) is 36.1 Å². The Hall–Kier alpha value is -2.25. The molecule has 1 aliphatic carbocycles. The molecule has 1 aromatic heterocycles. The second kappa shape index (κ2) is 12.3. The van der Waals surface area contributed by atoms with E-state index in [-0.39, 0.29) is 5.91 Å². The van der Waals surface area contributed by atoms with Crippen molar-refractivity contribution in [2.75, 3.05) is 12.4 Å². The number of nitrogens with zero attached hydrogens (tertiary/aromatic N) is 1. The lowest BCUT2D eigenvalue weighted by molar-refractivity contribution is -0.116. The van der Waals surface area contributed by atoms with Gasteiger partial charge in [0.1, 0.15) is 11.9 Å². The first-order chi connectivity index (χ1) is 17.3. The molecular weight excluding hydrogens is 537 g/mol. The molecule has 1 aliphatic rings. The molecule has 2 N–H and O–H groups in total. The van der Waals surface area contributed by atoms with E-state index in [1.165, 1.54) is 48.0 Å². The Morgan fingerprint density at radius 2 is 1.83 bits per heavy atom. The fourth-order valence-corrected chi connectivity index (χ4v) is 5.71. The minimum Gasteiger partial charge on any atom is -0.497 e. The molecule has 1 unspecified atom stereocenters. The molecule has 2 aromatic carbocycles. The summed E-state index contributed by atoms with van der Waals surface area (Å²) < 4.78 is 3.51. The largest absolute Gasteiger partial charge is 0.497 e. The van der Waals surface area contributed by atoms with Crippen LogP contribution in [-0.2, 0) is 11.2 Å². The van der Waals surface area contributed by atoms with E-state index in [0.717, 1.165) is 29.0 Å². The van der Waals surface area contributed by atoms with Crippen LogP contribution in [0.2, 0.25) is 0 Å². The van der Waals surface area contributed by atoms with Crippen molar-refractivity contribution >= 4 is 63.3 Å². The predicted octanol–water partition coefficient (Wildman–Crippen LogP) is 7.49. The molecule has 0 spiro atoms. The Kier molecular flexibility index (Phi) is 9.18. The molecule has 1 heterocycles. The number of rotatable bonds is 9. The zero-order valence-electron chi connectivity index (χ0n) is 19.8. The van der Waals surface area contributed by atoms with E-state index in [1.54, 1.807) is 13.2 Å². The molecule has 1 saturated carbocycles. The zero-order valence-corrected chi connectivity index (χ0v) is 22.9. The van der Waals surface area contributed by atoms with Crippen molar-refractivity contribution in [3.63, 3.8) is 0 Å². The number of hydrogen-bond acceptors (Lipinski definition) is 5. The summed E-state index contributed by atoms with van der Waals surface area (Å²) >= 11 is 20.2. The maximum Gasteiger partial charge on any atom is 0.245 e. The molecule has 36 heavy (non-hydrogen) atoms. The van der Waals surface area contributed by atoms with Gasteiger partial charge in [-0.3, -0.25) is 4.79 Å². The van der Waals surface area contributed by atoms with E-state index in [1.807, 2.05) is 54.6 Å². The van der Waals surface area contributed by atoms with Crippen LogP contribution in [0.3, 0.4) is 0 Å². The van der Waals surface area contributed by atoms with Crippen LogP contribution in [0.25, 0.3) is 17.3 Å². The number of hydrogen-bond donors (Lipinski definition) is 2. The lowest BCUT2D eigenvalue weighted by atomic mass is 10.0. The van der Waals surface area contributed by atoms with Crippen molar-refractivity contribution < 1.29 is 9.53 Å². The third-order valence-electron chi connectivity index (χ3n) is 6.12. The molecule has 0 radical (unpaired) electrons. The fraction of sp³-hybridized carbons (Fsp3) is 0.333. The second-order valence-corrected chi connectivity index (χ2v) is 12.2. The summed E-state index contributed by atoms with van der Waals surface area (Å²) in [5.41, 5.74) is 2.79. The zero-order chi connectivity index (χ0) is 25.5. The summed E-state index contributed by atoms with van der Waals surface area (Å²) in [4.78, 5) is 18.6. The van der Waals surface area contributed by atoms with Crippen LogP contribution in [-0.4, -0.2) is 28.0 Å². The topological polar surface area (TPSA) is 63.2 Å². The van der Waals surface area contributed by atoms with E-state index >= 15 is 0 Å². The minimum atomic E-state index is -1.80. The number of methoxy groups -OCH3 is 1. The number of anilines is 1. The Balaban J connectivity index is 1.55. The Labute approximate surface area is 230 Å². The number of thiazole rings is 1. The van der Waals surface area contributed by atoms with Gasteiger partial charge in [0.15, 0.2) is 5.13 Å². The van der Waals surface area contributed by atoms with Gasteiger partial charge in [-0.25, -0.2) is 4.98 Å². The van der Waals surface area contributed by atoms with Gasteiger partial charge in [0, 0.05) is 16.5 Å². The third-order valence-corrected chi connectivity index (χ3v) is 7.78. The van der Waals surface area contributed by atoms with Crippen molar-refractivity contribution in [3.05, 3.63) is 71.1 Å². The summed E-state index contributed by atoms with van der Waals surface area (Å²) in [7, 11) is 1.64. The van der Waals surface area contributed by atoms with Crippen LogP contribution in [0.4, 0.5) is 5.13 Å². The highest BCUT2D eigenvalue weighted by Crippen LogP contribution is 2.39. The van der Waals surface area contributed by atoms with E-state index in [4.69, 9.17) is 44.5 Å². The summed E-state index contributed by atoms with van der Waals surface area (Å²) in [5, 5.41) is 6.48. The van der Waals surface area contributed by atoms with Gasteiger partial charge < -0.3 is 15.4 Å². The molecule has 3 aromatic rings. The maximum atomic E-state index is 12.6. The number of carbonyl (C=O) groups is 1. The normalized spacial score (nSPS) is 15.2. The monoisotopic (exact) mass is 563 g/mol. The van der Waals surface area contributed by atoms with Crippen molar-refractivity contribution in [1.82, 2.24) is 10.3 Å². The maximum absolute atomic E-state index is 12.6. The predicted molar refractivity (Wildman–Crippen MR) is 151 cm³/mol. The lowest BCUT2D eigenvalue weighted by Crippen LogP contribution is -2.48. The van der Waals surface area contributed by atoms with Crippen molar-refractivity contribution in [1.29, 1.82) is 0 Å². The van der Waals surface area contributed by atoms with Gasteiger partial charge in [-0.05, 0) is 48.2 Å². The number of carbonyl (C=O) groups excluding carboxylic acids is 1. The molecular formula is C27H28Cl3N3O2S. The van der Waals surface area contributed by atoms with E-state index < -0.39 is 9.96 Å². The van der Waals surface area contributed by atoms with Gasteiger partial charge in [-0.2, -0.15) is 0 Å². The lowest BCUT2D eigenvalue weighted by Gasteiger charge is -2.25. The molecule has 0 aliphatic heterocycles. The first kappa shape index (κ1) is 26.8. The second-order valence-electron chi connectivity index (χ2n) is 8.75. The van der Waals surface area contributed by atoms with Crippen LogP contribution < -0.4 is 15.4 Å². The fourth-order valence-electron chi connectivity index (χ4n) is 4.25. The van der Waals surface area contributed by atoms with Crippen molar-refractivity contribution in [3.8, 4) is 17.0 Å². The third kappa shape index (κ3) is 7.39. The Bertz CT molecular complexity index is 1170. The summed E-state index contributed by atoms with van der Waals surface area (Å²) in [6, 6.07) is 17.3. The molecule has 0 saturated heterocycles. The average Bonchev–Trinajstić information content (AvgIpc) is 3.53. The minimum absolute atomic E-state index is 0.388. The smallest absolute Gasteiger partial charge is 0.245 e. The molecule has 0 bridgehead atoms. The molecule has 9 heteroatoms. The summed E-state index contributed by atoms with van der Waals surface area (Å²) in [6.07, 6.45) is 8.07. The molecule has 4 rings (SSSR count). The number of alkyl halides is 3. The Morgan fingerprint density at radius 1 is 1.14 bits per heavy atom. The van der Waals surface area contributed by atoms with Gasteiger partial charge in [0.2, 0.25) is 9.70 Å². The molecule has 1 atom stereocenters. The highest BCUT2D eigenvalue weighted by molar-refractivity contribution is 7.16. The molecule has 1 amide bonds. The number of halogens is 3. The average molecular weight is 565 g/mol. The van der Waals surface area contributed by atoms with Crippen molar-refractivity contribution in [2.24, 2.45) is 5.92 Å². The van der Waals surface area contributed by atoms with E-state index in [0.29, 0.717) is 11.0 Å². The molecule has 1 fully saturated rings. The van der Waals surface area contributed by atoms with Crippen LogP contribution >= 0.6 is 46.1 Å². The number of ether oxygens (including phenoxy) is 1. The number of benzene rings is 2. The number of nitrogens with one attached hydrogen (secondary N) is 2. The van der Waals surface area contributed by atoms with E-state index in [9.17, 15) is 4.79 Å². The van der Waals surface area contributed by atoms with Gasteiger partial charge in [0.05, 0.1) is 12.8 Å². The Morgan fingerprint density at radius 3 is 2.47 bits per heavy atom. The van der Waals surface area contributed by atoms with Gasteiger partial charge in [-0.15, -0.1) is 11.3 Å². The van der Waals surface area contributed by atoms with Gasteiger partial charge in [0.25, 0.3) is 0 Å². The van der Waals surface area contributed by atoms with Gasteiger partial charge in [-0.1, -0.05) is 90.8 Å². The highest BCUT2D eigenvalue weighted by atomic mass is 35.6. The summed E-state index contributed by atoms with van der Waals surface area (Å²) in [5.74, 6) is 1.04. The quantitative estimate of drug-likeness (QED) is 0.161. The van der Waals surface area contributed by atoms with Crippen LogP contribution in [0, 0.1) is 5.92 Å². The highest BCUT2D eigenvalue weighted by Gasteiger charge is 2.35. The van der Waals surface area contributed by atoms with Crippen molar-refractivity contribution in [2.45, 2.75) is 42.1 Å². The first-order valence-corrected chi connectivity index (χ1v) is 13.8. The summed E-state index contributed by atoms with van der Waals surface area (Å²) in [6.45, 7) is 0. The standard InChI is InChI=1S/C27H28Cl3N3O2S/c1-35-21-14-12-20(13-15-21)24-22(17-19-9-5-6-10-19)36-26(32-24)33-25(27(28,29)30)31-23(34)16-11-18-7-3-2-4-8-18/h2-4,7-8,11-16,19,25H,5-6,9-10,17H2,1H3,(H,31,34)(H,32,33)/b16-11+. The molecule has 190 valence electrons. The number of aromatic nitrogens is 1. The number of amides is 1. The first-order valence-electron chi connectivity index (χ1n) is 11.8. The molecule has 5 nitrogen and oxygen atoms in total. The van der Waals surface area contributed by atoms with Crippen LogP contribution in [0.15, 0.2) is 60.7 Å². The van der Waals surface area contributed by atoms with Gasteiger partial charge >= 0.3 is 0 Å². The van der Waals surface area contributed by atoms with Crippen LogP contribution in [0.5, 0.6) is 5.75 Å². The van der Waals surface area contributed by atoms with E-state index in [2.05, 4.69) is 10.6 Å².